The molecule has 0 spiro atoms. The Hall–Kier alpha value is -5.37. The summed E-state index contributed by atoms with van der Waals surface area (Å²) in [5.74, 6) is -1.80. The molecule has 0 aliphatic heterocycles. The first kappa shape index (κ1) is 29.1. The Balaban J connectivity index is 1.61. The Labute approximate surface area is 243 Å². The molecule has 5 aromatic rings. The van der Waals surface area contributed by atoms with E-state index < -0.39 is 41.5 Å². The van der Waals surface area contributed by atoms with Gasteiger partial charge in [-0.15, -0.1) is 0 Å². The molecular weight excluding hydrogens is 562 g/mol. The number of pyridine rings is 1. The first-order valence-electron chi connectivity index (χ1n) is 13.1. The number of alkyl halides is 3. The molecule has 0 unspecified atom stereocenters. The van der Waals surface area contributed by atoms with Gasteiger partial charge in [0.1, 0.15) is 11.6 Å². The zero-order valence-electron chi connectivity index (χ0n) is 22.7. The largest absolute Gasteiger partial charge is 0.419 e. The Morgan fingerprint density at radius 1 is 1.02 bits per heavy atom. The van der Waals surface area contributed by atoms with Crippen LogP contribution in [0.1, 0.15) is 41.0 Å². The number of benzene rings is 3. The number of aromatic nitrogens is 3. The summed E-state index contributed by atoms with van der Waals surface area (Å²) in [6.07, 6.45) is -2.15. The van der Waals surface area contributed by atoms with Crippen LogP contribution in [0.5, 0.6) is 0 Å². The van der Waals surface area contributed by atoms with Crippen molar-refractivity contribution in [3.05, 3.63) is 136 Å². The number of amides is 1. The van der Waals surface area contributed by atoms with E-state index in [0.29, 0.717) is 39.8 Å². The monoisotopic (exact) mass is 585 g/mol. The molecule has 2 heterocycles. The maximum atomic E-state index is 14.3. The van der Waals surface area contributed by atoms with Crippen LogP contribution in [0, 0.1) is 17.1 Å². The standard InChI is InChI=1S/C32H23F4N5O2/c1-20(30-39-28-7-3-2-6-25(28)31(43)41(30)24-11-8-21(17-37)9-12-24)40(19-23-5-4-14-38-18-23)29(42)16-22-10-13-26(27(33)15-22)32(34,35)36/h2-15,18,20H,16,19H2,1H3/t20-/m1/s1. The van der Waals surface area contributed by atoms with Crippen LogP contribution in [0.4, 0.5) is 17.6 Å². The highest BCUT2D eigenvalue weighted by Gasteiger charge is 2.34. The van der Waals surface area contributed by atoms with Crippen molar-refractivity contribution in [2.75, 3.05) is 0 Å². The number of hydrogen-bond donors (Lipinski definition) is 0. The molecule has 0 saturated heterocycles. The fraction of sp³-hybridized carbons (Fsp3) is 0.156. The Kier molecular flexibility index (Phi) is 8.03. The van der Waals surface area contributed by atoms with E-state index in [1.807, 2.05) is 6.07 Å². The molecule has 11 heteroatoms. The molecule has 1 amide bonds. The lowest BCUT2D eigenvalue weighted by molar-refractivity contribution is -0.140. The smallest absolute Gasteiger partial charge is 0.328 e. The zero-order valence-corrected chi connectivity index (χ0v) is 22.7. The van der Waals surface area contributed by atoms with E-state index in [4.69, 9.17) is 4.98 Å². The third kappa shape index (κ3) is 6.13. The lowest BCUT2D eigenvalue weighted by Gasteiger charge is -2.31. The number of nitriles is 1. The third-order valence-corrected chi connectivity index (χ3v) is 6.99. The van der Waals surface area contributed by atoms with Crippen LogP contribution in [-0.4, -0.2) is 25.3 Å². The van der Waals surface area contributed by atoms with Crippen molar-refractivity contribution >= 4 is 16.8 Å². The summed E-state index contributed by atoms with van der Waals surface area (Å²) >= 11 is 0. The predicted molar refractivity (Wildman–Crippen MR) is 150 cm³/mol. The molecule has 0 saturated carbocycles. The number of para-hydroxylation sites is 1. The minimum atomic E-state index is -4.87. The van der Waals surface area contributed by atoms with Crippen LogP contribution < -0.4 is 5.56 Å². The molecule has 0 fully saturated rings. The highest BCUT2D eigenvalue weighted by molar-refractivity contribution is 5.80. The average molecular weight is 586 g/mol. The fourth-order valence-electron chi connectivity index (χ4n) is 4.81. The lowest BCUT2D eigenvalue weighted by atomic mass is 10.1. The molecular formula is C32H23F4N5O2. The molecule has 0 radical (unpaired) electrons. The summed E-state index contributed by atoms with van der Waals surface area (Å²) < 4.78 is 55.0. The summed E-state index contributed by atoms with van der Waals surface area (Å²) in [7, 11) is 0. The van der Waals surface area contributed by atoms with Crippen molar-refractivity contribution in [3.8, 4) is 11.8 Å². The molecule has 216 valence electrons. The maximum absolute atomic E-state index is 14.3. The van der Waals surface area contributed by atoms with Crippen molar-refractivity contribution in [1.29, 1.82) is 5.26 Å². The second kappa shape index (κ2) is 11.9. The number of fused-ring (bicyclic) bond motifs is 1. The van der Waals surface area contributed by atoms with E-state index in [1.54, 1.807) is 80.0 Å². The molecule has 0 bridgehead atoms. The molecule has 43 heavy (non-hydrogen) atoms. The van der Waals surface area contributed by atoms with E-state index in [-0.39, 0.29) is 17.9 Å². The van der Waals surface area contributed by atoms with Crippen LogP contribution in [0.15, 0.2) is 96.1 Å². The number of rotatable bonds is 7. The van der Waals surface area contributed by atoms with Crippen LogP contribution in [0.3, 0.4) is 0 Å². The van der Waals surface area contributed by atoms with Gasteiger partial charge >= 0.3 is 6.18 Å². The van der Waals surface area contributed by atoms with Gasteiger partial charge in [0, 0.05) is 18.9 Å². The molecule has 0 N–H and O–H groups in total. The number of nitrogens with zero attached hydrogens (tertiary/aromatic N) is 5. The highest BCUT2D eigenvalue weighted by atomic mass is 19.4. The molecule has 3 aromatic carbocycles. The van der Waals surface area contributed by atoms with Gasteiger partial charge in [-0.1, -0.05) is 24.3 Å². The average Bonchev–Trinajstić information content (AvgIpc) is 2.99. The highest BCUT2D eigenvalue weighted by Crippen LogP contribution is 2.32. The lowest BCUT2D eigenvalue weighted by Crippen LogP contribution is -2.38. The minimum Gasteiger partial charge on any atom is -0.328 e. The summed E-state index contributed by atoms with van der Waals surface area (Å²) in [6, 6.07) is 20.1. The first-order valence-corrected chi connectivity index (χ1v) is 13.1. The number of halogens is 4. The number of hydrogen-bond acceptors (Lipinski definition) is 5. The second-order valence-electron chi connectivity index (χ2n) is 9.83. The van der Waals surface area contributed by atoms with E-state index in [2.05, 4.69) is 4.98 Å². The molecule has 0 aliphatic rings. The van der Waals surface area contributed by atoms with Gasteiger partial charge < -0.3 is 4.90 Å². The van der Waals surface area contributed by atoms with Gasteiger partial charge in [0.25, 0.3) is 5.56 Å². The second-order valence-corrected chi connectivity index (χ2v) is 9.83. The van der Waals surface area contributed by atoms with Crippen LogP contribution >= 0.6 is 0 Å². The summed E-state index contributed by atoms with van der Waals surface area (Å²) in [5.41, 5.74) is 0.0915. The van der Waals surface area contributed by atoms with Crippen LogP contribution in [0.25, 0.3) is 16.6 Å². The number of carbonyl (C=O) groups excluding carboxylic acids is 1. The van der Waals surface area contributed by atoms with Gasteiger partial charge in [0.15, 0.2) is 0 Å². The van der Waals surface area contributed by atoms with E-state index in [1.165, 1.54) is 9.47 Å². The summed E-state index contributed by atoms with van der Waals surface area (Å²) in [4.78, 5) is 37.9. The fourth-order valence-corrected chi connectivity index (χ4v) is 4.81. The van der Waals surface area contributed by atoms with Gasteiger partial charge in [-0.2, -0.15) is 18.4 Å². The zero-order chi connectivity index (χ0) is 30.7. The van der Waals surface area contributed by atoms with Crippen LogP contribution in [-0.2, 0) is 23.9 Å². The van der Waals surface area contributed by atoms with E-state index in [0.717, 1.165) is 6.07 Å². The third-order valence-electron chi connectivity index (χ3n) is 6.99. The Morgan fingerprint density at radius 2 is 1.77 bits per heavy atom. The van der Waals surface area contributed by atoms with Gasteiger partial charge in [-0.05, 0) is 72.6 Å². The van der Waals surface area contributed by atoms with Crippen molar-refractivity contribution in [1.82, 2.24) is 19.4 Å². The van der Waals surface area contributed by atoms with Crippen LogP contribution in [0.2, 0.25) is 0 Å². The maximum Gasteiger partial charge on any atom is 0.419 e. The van der Waals surface area contributed by atoms with Gasteiger partial charge in [0.2, 0.25) is 5.91 Å². The normalized spacial score (nSPS) is 12.1. The van der Waals surface area contributed by atoms with Crippen molar-refractivity contribution in [3.63, 3.8) is 0 Å². The first-order chi connectivity index (χ1) is 20.6. The quantitative estimate of drug-likeness (QED) is 0.214. The Bertz CT molecular complexity index is 1900. The van der Waals surface area contributed by atoms with Gasteiger partial charge in [-0.3, -0.25) is 19.1 Å². The summed E-state index contributed by atoms with van der Waals surface area (Å²) in [5, 5.41) is 9.59. The molecule has 2 aromatic heterocycles. The van der Waals surface area contributed by atoms with E-state index in [9.17, 15) is 32.4 Å². The SMILES string of the molecule is C[C@H](c1nc2ccccc2c(=O)n1-c1ccc(C#N)cc1)N(Cc1cccnc1)C(=O)Cc1ccc(C(F)(F)F)c(F)c1. The molecule has 1 atom stereocenters. The predicted octanol–water partition coefficient (Wildman–Crippen LogP) is 6.14. The topological polar surface area (TPSA) is 91.9 Å². The Morgan fingerprint density at radius 3 is 2.42 bits per heavy atom. The van der Waals surface area contributed by atoms with Gasteiger partial charge in [-0.25, -0.2) is 9.37 Å². The summed E-state index contributed by atoms with van der Waals surface area (Å²) in [6.45, 7) is 1.70. The van der Waals surface area contributed by atoms with Crippen molar-refractivity contribution < 1.29 is 22.4 Å². The number of carbonyl (C=O) groups is 1. The molecule has 5 rings (SSSR count). The van der Waals surface area contributed by atoms with Gasteiger partial charge in [0.05, 0.1) is 46.2 Å². The molecule has 0 aliphatic carbocycles. The minimum absolute atomic E-state index is 0.0209. The van der Waals surface area contributed by atoms with E-state index >= 15 is 0 Å². The van der Waals surface area contributed by atoms with Crippen molar-refractivity contribution in [2.45, 2.75) is 32.1 Å². The van der Waals surface area contributed by atoms with Crippen molar-refractivity contribution in [2.24, 2.45) is 0 Å². The molecule has 7 nitrogen and oxygen atoms in total.